The summed E-state index contributed by atoms with van der Waals surface area (Å²) in [5.41, 5.74) is 7.58. The first-order chi connectivity index (χ1) is 8.33. The van der Waals surface area contributed by atoms with Crippen LogP contribution >= 0.6 is 0 Å². The van der Waals surface area contributed by atoms with E-state index >= 15 is 0 Å². The average molecular weight is 228 g/mol. The molecule has 3 N–H and O–H groups in total. The number of likely N-dealkylation sites (N-methyl/N-ethyl adjacent to an activating group) is 1. The van der Waals surface area contributed by atoms with Crippen molar-refractivity contribution in [3.8, 4) is 0 Å². The molecule has 0 radical (unpaired) electrons. The molecule has 2 rings (SSSR count). The maximum Gasteiger partial charge on any atom is 0.0313 e. The van der Waals surface area contributed by atoms with Crippen molar-refractivity contribution in [3.05, 3.63) is 66.2 Å². The van der Waals surface area contributed by atoms with Crippen LogP contribution in [0.1, 0.15) is 5.56 Å². The van der Waals surface area contributed by atoms with Crippen LogP contribution in [0, 0.1) is 0 Å². The number of rotatable bonds is 3. The van der Waals surface area contributed by atoms with Crippen molar-refractivity contribution in [2.45, 2.75) is 6.42 Å². The SMILES string of the molecule is CNCCc1ccccc1.Nc1ccccc1. The minimum Gasteiger partial charge on any atom is -0.399 e. The highest BCUT2D eigenvalue weighted by atomic mass is 14.8. The Balaban J connectivity index is 0.000000181. The third kappa shape index (κ3) is 6.38. The molecule has 0 aliphatic carbocycles. The highest BCUT2D eigenvalue weighted by Crippen LogP contribution is 1.97. The zero-order valence-corrected chi connectivity index (χ0v) is 10.3. The summed E-state index contributed by atoms with van der Waals surface area (Å²) in [7, 11) is 1.98. The van der Waals surface area contributed by atoms with E-state index in [9.17, 15) is 0 Å². The first kappa shape index (κ1) is 13.3. The van der Waals surface area contributed by atoms with E-state index < -0.39 is 0 Å². The summed E-state index contributed by atoms with van der Waals surface area (Å²) in [6, 6.07) is 20.0. The van der Waals surface area contributed by atoms with Gasteiger partial charge in [0.1, 0.15) is 0 Å². The molecule has 0 atom stereocenters. The molecule has 17 heavy (non-hydrogen) atoms. The minimum atomic E-state index is 0.822. The van der Waals surface area contributed by atoms with E-state index in [0.29, 0.717) is 0 Å². The number of hydrogen-bond acceptors (Lipinski definition) is 2. The van der Waals surface area contributed by atoms with Crippen LogP contribution in [0.4, 0.5) is 5.69 Å². The van der Waals surface area contributed by atoms with Gasteiger partial charge in [-0.1, -0.05) is 48.5 Å². The van der Waals surface area contributed by atoms with E-state index in [2.05, 4.69) is 29.6 Å². The third-order valence-electron chi connectivity index (χ3n) is 2.31. The maximum absolute atomic E-state index is 5.36. The van der Waals surface area contributed by atoms with Crippen LogP contribution in [0.25, 0.3) is 0 Å². The van der Waals surface area contributed by atoms with Crippen molar-refractivity contribution in [3.63, 3.8) is 0 Å². The van der Waals surface area contributed by atoms with E-state index in [-0.39, 0.29) is 0 Å². The van der Waals surface area contributed by atoms with Crippen LogP contribution in [0.2, 0.25) is 0 Å². The van der Waals surface area contributed by atoms with Crippen LogP contribution < -0.4 is 11.1 Å². The summed E-state index contributed by atoms with van der Waals surface area (Å²) in [5, 5.41) is 3.12. The summed E-state index contributed by atoms with van der Waals surface area (Å²) >= 11 is 0. The summed E-state index contributed by atoms with van der Waals surface area (Å²) in [4.78, 5) is 0. The molecule has 2 heteroatoms. The lowest BCUT2D eigenvalue weighted by Crippen LogP contribution is -2.09. The summed E-state index contributed by atoms with van der Waals surface area (Å²) < 4.78 is 0. The van der Waals surface area contributed by atoms with Crippen molar-refractivity contribution in [2.24, 2.45) is 0 Å². The molecular formula is C15H20N2. The van der Waals surface area contributed by atoms with Crippen LogP contribution in [0.15, 0.2) is 60.7 Å². The van der Waals surface area contributed by atoms with Crippen molar-refractivity contribution < 1.29 is 0 Å². The lowest BCUT2D eigenvalue weighted by molar-refractivity contribution is 0.792. The summed E-state index contributed by atoms with van der Waals surface area (Å²) in [6.45, 7) is 1.06. The fourth-order valence-electron chi connectivity index (χ4n) is 1.37. The number of para-hydroxylation sites is 1. The van der Waals surface area contributed by atoms with E-state index in [4.69, 9.17) is 5.73 Å². The number of anilines is 1. The van der Waals surface area contributed by atoms with Crippen LogP contribution in [-0.4, -0.2) is 13.6 Å². The Labute approximate surface area is 103 Å². The number of nitrogens with two attached hydrogens (primary N) is 1. The quantitative estimate of drug-likeness (QED) is 0.793. The first-order valence-electron chi connectivity index (χ1n) is 5.82. The molecule has 2 nitrogen and oxygen atoms in total. The summed E-state index contributed by atoms with van der Waals surface area (Å²) in [5.74, 6) is 0. The topological polar surface area (TPSA) is 38.0 Å². The number of nitrogen functional groups attached to an aromatic ring is 1. The largest absolute Gasteiger partial charge is 0.399 e. The first-order valence-corrected chi connectivity index (χ1v) is 5.82. The lowest BCUT2D eigenvalue weighted by atomic mass is 10.2. The Bertz CT molecular complexity index is 384. The van der Waals surface area contributed by atoms with Gasteiger partial charge in [0.15, 0.2) is 0 Å². The highest BCUT2D eigenvalue weighted by Gasteiger charge is 1.86. The van der Waals surface area contributed by atoms with Crippen LogP contribution in [0.5, 0.6) is 0 Å². The van der Waals surface area contributed by atoms with Gasteiger partial charge in [-0.3, -0.25) is 0 Å². The van der Waals surface area contributed by atoms with Gasteiger partial charge in [-0.2, -0.15) is 0 Å². The van der Waals surface area contributed by atoms with Crippen molar-refractivity contribution in [2.75, 3.05) is 19.3 Å². The van der Waals surface area contributed by atoms with E-state index in [0.717, 1.165) is 18.7 Å². The maximum atomic E-state index is 5.36. The van der Waals surface area contributed by atoms with Gasteiger partial charge in [-0.25, -0.2) is 0 Å². The summed E-state index contributed by atoms with van der Waals surface area (Å²) in [6.07, 6.45) is 1.12. The van der Waals surface area contributed by atoms with Crippen molar-refractivity contribution >= 4 is 5.69 Å². The molecule has 2 aromatic carbocycles. The normalized spacial score (nSPS) is 9.24. The average Bonchev–Trinajstić information content (AvgIpc) is 2.39. The Hall–Kier alpha value is -1.80. The fourth-order valence-corrected chi connectivity index (χ4v) is 1.37. The molecule has 0 saturated carbocycles. The van der Waals surface area contributed by atoms with Gasteiger partial charge in [0.25, 0.3) is 0 Å². The zero-order valence-electron chi connectivity index (χ0n) is 10.3. The standard InChI is InChI=1S/C9H13N.C6H7N/c1-10-8-7-9-5-3-2-4-6-9;7-6-4-2-1-3-5-6/h2-6,10H,7-8H2,1H3;1-5H,7H2. The molecule has 0 spiro atoms. The molecule has 0 aromatic heterocycles. The predicted octanol–water partition coefficient (Wildman–Crippen LogP) is 2.72. The Kier molecular flexibility index (Phi) is 6.53. The van der Waals surface area contributed by atoms with Gasteiger partial charge < -0.3 is 11.1 Å². The van der Waals surface area contributed by atoms with Gasteiger partial charge in [0, 0.05) is 5.69 Å². The number of benzene rings is 2. The second-order valence-corrected chi connectivity index (χ2v) is 3.75. The molecule has 2 aromatic rings. The van der Waals surface area contributed by atoms with E-state index in [1.807, 2.05) is 43.4 Å². The predicted molar refractivity (Wildman–Crippen MR) is 74.9 cm³/mol. The smallest absolute Gasteiger partial charge is 0.0313 e. The Morgan fingerprint density at radius 1 is 0.882 bits per heavy atom. The molecule has 0 unspecified atom stereocenters. The number of nitrogens with one attached hydrogen (secondary N) is 1. The van der Waals surface area contributed by atoms with Gasteiger partial charge >= 0.3 is 0 Å². The zero-order chi connectivity index (χ0) is 12.3. The Morgan fingerprint density at radius 2 is 1.41 bits per heavy atom. The molecular weight excluding hydrogens is 208 g/mol. The molecule has 0 aliphatic heterocycles. The Morgan fingerprint density at radius 3 is 1.82 bits per heavy atom. The van der Waals surface area contributed by atoms with Crippen LogP contribution in [-0.2, 0) is 6.42 Å². The fraction of sp³-hybridized carbons (Fsp3) is 0.200. The van der Waals surface area contributed by atoms with Gasteiger partial charge in [-0.05, 0) is 37.7 Å². The van der Waals surface area contributed by atoms with E-state index in [1.165, 1.54) is 5.56 Å². The molecule has 0 amide bonds. The van der Waals surface area contributed by atoms with Crippen LogP contribution in [0.3, 0.4) is 0 Å². The van der Waals surface area contributed by atoms with E-state index in [1.54, 1.807) is 0 Å². The van der Waals surface area contributed by atoms with Gasteiger partial charge in [0.05, 0.1) is 0 Å². The minimum absolute atomic E-state index is 0.822. The highest BCUT2D eigenvalue weighted by molar-refractivity contribution is 5.35. The van der Waals surface area contributed by atoms with Crippen molar-refractivity contribution in [1.29, 1.82) is 0 Å². The second-order valence-electron chi connectivity index (χ2n) is 3.75. The third-order valence-corrected chi connectivity index (χ3v) is 2.31. The lowest BCUT2D eigenvalue weighted by Gasteiger charge is -1.97. The molecule has 0 bridgehead atoms. The molecule has 0 aliphatic rings. The van der Waals surface area contributed by atoms with Gasteiger partial charge in [0.2, 0.25) is 0 Å². The molecule has 0 saturated heterocycles. The monoisotopic (exact) mass is 228 g/mol. The molecule has 0 heterocycles. The number of hydrogen-bond donors (Lipinski definition) is 2. The molecule has 0 fully saturated rings. The van der Waals surface area contributed by atoms with Gasteiger partial charge in [-0.15, -0.1) is 0 Å². The second kappa shape index (κ2) is 8.36. The molecule has 90 valence electrons. The van der Waals surface area contributed by atoms with Crippen molar-refractivity contribution in [1.82, 2.24) is 5.32 Å².